The summed E-state index contributed by atoms with van der Waals surface area (Å²) >= 11 is 0. The quantitative estimate of drug-likeness (QED) is 0.342. The molecule has 148 valence electrons. The largest absolute Gasteiger partial charge is 0.352 e. The minimum atomic E-state index is -0.254. The third-order valence-electron chi connectivity index (χ3n) is 3.53. The minimum absolute atomic E-state index is 0. The summed E-state index contributed by atoms with van der Waals surface area (Å²) in [5.41, 5.74) is 1.79. The number of guanidine groups is 1. The lowest BCUT2D eigenvalue weighted by Crippen LogP contribution is -2.48. The predicted octanol–water partition coefficient (Wildman–Crippen LogP) is 2.01. The summed E-state index contributed by atoms with van der Waals surface area (Å²) in [6.07, 6.45) is 1.49. The van der Waals surface area contributed by atoms with Gasteiger partial charge in [-0.15, -0.1) is 24.0 Å². The molecule has 0 aliphatic heterocycles. The van der Waals surface area contributed by atoms with E-state index in [1.807, 2.05) is 52.1 Å². The lowest BCUT2D eigenvalue weighted by Gasteiger charge is -2.25. The molecule has 3 N–H and O–H groups in total. The van der Waals surface area contributed by atoms with Gasteiger partial charge in [0.15, 0.2) is 11.8 Å². The number of nitrogens with one attached hydrogen (secondary N) is 3. The van der Waals surface area contributed by atoms with Crippen LogP contribution in [0.15, 0.2) is 35.6 Å². The zero-order valence-electron chi connectivity index (χ0n) is 16.4. The molecule has 1 aromatic carbocycles. The highest BCUT2D eigenvalue weighted by atomic mass is 127. The van der Waals surface area contributed by atoms with Crippen LogP contribution in [0.1, 0.15) is 26.3 Å². The number of hydrogen-bond donors (Lipinski definition) is 3. The molecular formula is C18H28IN7O. The van der Waals surface area contributed by atoms with E-state index in [4.69, 9.17) is 0 Å². The van der Waals surface area contributed by atoms with Gasteiger partial charge < -0.3 is 15.5 Å². The smallest absolute Gasteiger partial charge is 0.240 e. The van der Waals surface area contributed by atoms with Crippen molar-refractivity contribution in [2.24, 2.45) is 4.99 Å². The van der Waals surface area contributed by atoms with E-state index in [0.29, 0.717) is 12.5 Å². The number of carbonyl (C=O) groups is 1. The SMILES string of the molecule is CN=C(NCc1cccc(-c2ncn[nH]2)c1)N(C)CC(=O)NC(C)(C)C.I. The Morgan fingerprint density at radius 3 is 2.67 bits per heavy atom. The van der Waals surface area contributed by atoms with E-state index in [-0.39, 0.29) is 42.0 Å². The van der Waals surface area contributed by atoms with Crippen molar-refractivity contribution >= 4 is 35.8 Å². The molecule has 1 heterocycles. The number of nitrogens with zero attached hydrogens (tertiary/aromatic N) is 4. The van der Waals surface area contributed by atoms with Crippen LogP contribution in [0.5, 0.6) is 0 Å². The van der Waals surface area contributed by atoms with Crippen molar-refractivity contribution in [1.82, 2.24) is 30.7 Å². The maximum absolute atomic E-state index is 12.1. The van der Waals surface area contributed by atoms with Crippen molar-refractivity contribution in [3.8, 4) is 11.4 Å². The van der Waals surface area contributed by atoms with E-state index in [1.165, 1.54) is 6.33 Å². The molecule has 0 saturated carbocycles. The molecule has 0 aliphatic carbocycles. The third-order valence-corrected chi connectivity index (χ3v) is 3.53. The van der Waals surface area contributed by atoms with Gasteiger partial charge in [-0.25, -0.2) is 4.98 Å². The fraction of sp³-hybridized carbons (Fsp3) is 0.444. The average Bonchev–Trinajstić information content (AvgIpc) is 3.08. The van der Waals surface area contributed by atoms with Crippen molar-refractivity contribution in [3.05, 3.63) is 36.2 Å². The highest BCUT2D eigenvalue weighted by molar-refractivity contribution is 14.0. The first-order valence-electron chi connectivity index (χ1n) is 8.46. The van der Waals surface area contributed by atoms with Gasteiger partial charge in [-0.2, -0.15) is 5.10 Å². The van der Waals surface area contributed by atoms with Crippen molar-refractivity contribution < 1.29 is 4.79 Å². The molecule has 0 saturated heterocycles. The minimum Gasteiger partial charge on any atom is -0.352 e. The molecule has 0 spiro atoms. The fourth-order valence-corrected chi connectivity index (χ4v) is 2.49. The number of halogens is 1. The van der Waals surface area contributed by atoms with E-state index in [9.17, 15) is 4.79 Å². The van der Waals surface area contributed by atoms with Gasteiger partial charge in [0.1, 0.15) is 6.33 Å². The molecule has 0 bridgehead atoms. The Hall–Kier alpha value is -2.17. The number of H-pyrrole nitrogens is 1. The van der Waals surface area contributed by atoms with Crippen LogP contribution in [0.25, 0.3) is 11.4 Å². The topological polar surface area (TPSA) is 98.3 Å². The number of hydrogen-bond acceptors (Lipinski definition) is 4. The second-order valence-corrected chi connectivity index (χ2v) is 7.09. The van der Waals surface area contributed by atoms with Crippen LogP contribution >= 0.6 is 24.0 Å². The van der Waals surface area contributed by atoms with E-state index >= 15 is 0 Å². The Balaban J connectivity index is 0.00000364. The highest BCUT2D eigenvalue weighted by Gasteiger charge is 2.16. The standard InChI is InChI=1S/C18H27N7O.HI/c1-18(2,3)23-15(26)11-25(5)17(19-4)20-10-13-7-6-8-14(9-13)16-21-12-22-24-16;/h6-9,12H,10-11H2,1-5H3,(H,19,20)(H,23,26)(H,21,22,24);1H. The van der Waals surface area contributed by atoms with E-state index in [0.717, 1.165) is 17.0 Å². The highest BCUT2D eigenvalue weighted by Crippen LogP contribution is 2.15. The number of aromatic nitrogens is 3. The monoisotopic (exact) mass is 485 g/mol. The lowest BCUT2D eigenvalue weighted by molar-refractivity contribution is -0.122. The van der Waals surface area contributed by atoms with Gasteiger partial charge in [0.2, 0.25) is 5.91 Å². The molecule has 0 atom stereocenters. The summed E-state index contributed by atoms with van der Waals surface area (Å²) in [5.74, 6) is 1.33. The first kappa shape index (κ1) is 22.9. The molecule has 0 radical (unpaired) electrons. The average molecular weight is 485 g/mol. The van der Waals surface area contributed by atoms with Gasteiger partial charge in [-0.3, -0.25) is 14.9 Å². The van der Waals surface area contributed by atoms with Crippen molar-refractivity contribution in [2.45, 2.75) is 32.9 Å². The number of likely N-dealkylation sites (N-methyl/N-ethyl adjacent to an activating group) is 1. The van der Waals surface area contributed by atoms with E-state index in [1.54, 1.807) is 11.9 Å². The second kappa shape index (κ2) is 10.2. The maximum atomic E-state index is 12.1. The second-order valence-electron chi connectivity index (χ2n) is 7.09. The van der Waals surface area contributed by atoms with Gasteiger partial charge in [-0.1, -0.05) is 18.2 Å². The summed E-state index contributed by atoms with van der Waals surface area (Å²) in [6, 6.07) is 8.00. The van der Waals surface area contributed by atoms with Crippen LogP contribution in [-0.2, 0) is 11.3 Å². The zero-order valence-corrected chi connectivity index (χ0v) is 18.7. The molecule has 1 amide bonds. The lowest BCUT2D eigenvalue weighted by atomic mass is 10.1. The van der Waals surface area contributed by atoms with E-state index < -0.39 is 0 Å². The van der Waals surface area contributed by atoms with Crippen LogP contribution in [0.2, 0.25) is 0 Å². The molecule has 8 nitrogen and oxygen atoms in total. The molecule has 2 aromatic rings. The van der Waals surface area contributed by atoms with Crippen LogP contribution in [0, 0.1) is 0 Å². The van der Waals surface area contributed by atoms with Gasteiger partial charge in [0.05, 0.1) is 6.54 Å². The zero-order chi connectivity index (χ0) is 19.2. The third kappa shape index (κ3) is 7.53. The number of amides is 1. The van der Waals surface area contributed by atoms with Crippen LogP contribution < -0.4 is 10.6 Å². The predicted molar refractivity (Wildman–Crippen MR) is 118 cm³/mol. The number of benzene rings is 1. The summed E-state index contributed by atoms with van der Waals surface area (Å²) in [5, 5.41) is 13.0. The Labute approximate surface area is 177 Å². The molecule has 9 heteroatoms. The normalized spacial score (nSPS) is 11.5. The summed E-state index contributed by atoms with van der Waals surface area (Å²) in [4.78, 5) is 22.3. The number of aromatic amines is 1. The van der Waals surface area contributed by atoms with Crippen molar-refractivity contribution in [1.29, 1.82) is 0 Å². The number of carbonyl (C=O) groups excluding carboxylic acids is 1. The molecule has 27 heavy (non-hydrogen) atoms. The Kier molecular flexibility index (Phi) is 8.67. The Morgan fingerprint density at radius 1 is 1.33 bits per heavy atom. The Bertz CT molecular complexity index is 753. The van der Waals surface area contributed by atoms with Gasteiger partial charge in [0.25, 0.3) is 0 Å². The molecular weight excluding hydrogens is 457 g/mol. The summed E-state index contributed by atoms with van der Waals surface area (Å²) < 4.78 is 0. The molecule has 0 fully saturated rings. The summed E-state index contributed by atoms with van der Waals surface area (Å²) in [6.45, 7) is 6.69. The van der Waals surface area contributed by atoms with Crippen molar-refractivity contribution in [2.75, 3.05) is 20.6 Å². The van der Waals surface area contributed by atoms with Crippen LogP contribution in [0.4, 0.5) is 0 Å². The molecule has 1 aromatic heterocycles. The van der Waals surface area contributed by atoms with Gasteiger partial charge in [-0.05, 0) is 32.4 Å². The van der Waals surface area contributed by atoms with Crippen LogP contribution in [-0.4, -0.2) is 58.1 Å². The first-order chi connectivity index (χ1) is 12.3. The van der Waals surface area contributed by atoms with Crippen LogP contribution in [0.3, 0.4) is 0 Å². The van der Waals surface area contributed by atoms with Crippen molar-refractivity contribution in [3.63, 3.8) is 0 Å². The van der Waals surface area contributed by atoms with Gasteiger partial charge in [0, 0.05) is 31.7 Å². The molecule has 2 rings (SSSR count). The number of aliphatic imine (C=N–C) groups is 1. The first-order valence-corrected chi connectivity index (χ1v) is 8.46. The maximum Gasteiger partial charge on any atom is 0.240 e. The van der Waals surface area contributed by atoms with E-state index in [2.05, 4.69) is 30.8 Å². The molecule has 0 unspecified atom stereocenters. The Morgan fingerprint density at radius 2 is 2.07 bits per heavy atom. The van der Waals surface area contributed by atoms with Gasteiger partial charge >= 0.3 is 0 Å². The summed E-state index contributed by atoms with van der Waals surface area (Å²) in [7, 11) is 3.54. The molecule has 0 aliphatic rings. The number of rotatable bonds is 5. The fourth-order valence-electron chi connectivity index (χ4n) is 2.49.